The maximum absolute atomic E-state index is 13.0. The topological polar surface area (TPSA) is 73.3 Å². The van der Waals surface area contributed by atoms with Gasteiger partial charge in [-0.15, -0.1) is 10.2 Å². The van der Waals surface area contributed by atoms with Gasteiger partial charge < -0.3 is 14.8 Å². The van der Waals surface area contributed by atoms with Crippen molar-refractivity contribution in [2.45, 2.75) is 25.4 Å². The average Bonchev–Trinajstić information content (AvgIpc) is 2.90. The fraction of sp³-hybridized carbons (Fsp3) is 0.179. The van der Waals surface area contributed by atoms with Crippen molar-refractivity contribution in [3.05, 3.63) is 94.5 Å². The minimum absolute atomic E-state index is 0.154. The Hall–Kier alpha value is -4.11. The molecule has 2 heterocycles. The van der Waals surface area contributed by atoms with E-state index in [0.717, 1.165) is 29.9 Å². The predicted molar refractivity (Wildman–Crippen MR) is 137 cm³/mol. The van der Waals surface area contributed by atoms with Crippen LogP contribution < -0.4 is 14.8 Å². The van der Waals surface area contributed by atoms with Crippen LogP contribution >= 0.6 is 11.6 Å². The molecule has 10 heteroatoms. The van der Waals surface area contributed by atoms with Crippen molar-refractivity contribution < 1.29 is 27.4 Å². The summed E-state index contributed by atoms with van der Waals surface area (Å²) < 4.78 is 50.6. The van der Waals surface area contributed by atoms with Gasteiger partial charge in [0.05, 0.1) is 22.9 Å². The monoisotopic (exact) mass is 539 g/mol. The highest BCUT2D eigenvalue weighted by Gasteiger charge is 2.30. The van der Waals surface area contributed by atoms with Crippen LogP contribution in [0.5, 0.6) is 17.2 Å². The molecule has 0 saturated heterocycles. The van der Waals surface area contributed by atoms with Crippen LogP contribution in [0, 0.1) is 0 Å². The summed E-state index contributed by atoms with van der Waals surface area (Å²) in [7, 11) is 0. The third-order valence-electron chi connectivity index (χ3n) is 6.14. The molecule has 1 atom stereocenters. The number of carbonyl (C=O) groups is 1. The highest BCUT2D eigenvalue weighted by Crippen LogP contribution is 2.41. The number of benzene rings is 3. The van der Waals surface area contributed by atoms with E-state index in [2.05, 4.69) is 22.4 Å². The van der Waals surface area contributed by atoms with Gasteiger partial charge in [0.15, 0.2) is 5.82 Å². The van der Waals surface area contributed by atoms with E-state index < -0.39 is 17.6 Å². The van der Waals surface area contributed by atoms with Crippen LogP contribution in [0.2, 0.25) is 5.02 Å². The first kappa shape index (κ1) is 25.5. The molecule has 1 aliphatic heterocycles. The number of halogens is 4. The Balaban J connectivity index is 1.24. The van der Waals surface area contributed by atoms with E-state index in [-0.39, 0.29) is 17.1 Å². The minimum atomic E-state index is -4.46. The Morgan fingerprint density at radius 3 is 2.55 bits per heavy atom. The van der Waals surface area contributed by atoms with Crippen molar-refractivity contribution in [2.75, 3.05) is 11.9 Å². The molecular weight excluding hydrogens is 519 g/mol. The van der Waals surface area contributed by atoms with Gasteiger partial charge in [-0.3, -0.25) is 4.79 Å². The van der Waals surface area contributed by atoms with Crippen molar-refractivity contribution in [2.24, 2.45) is 0 Å². The summed E-state index contributed by atoms with van der Waals surface area (Å²) in [5.41, 5.74) is 1.12. The van der Waals surface area contributed by atoms with Gasteiger partial charge in [-0.1, -0.05) is 30.7 Å². The zero-order chi connectivity index (χ0) is 26.9. The largest absolute Gasteiger partial charge is 0.493 e. The first-order valence-corrected chi connectivity index (χ1v) is 12.1. The lowest BCUT2D eigenvalue weighted by Gasteiger charge is -2.24. The number of nitrogens with zero attached hydrogens (tertiary/aromatic N) is 2. The quantitative estimate of drug-likeness (QED) is 0.281. The zero-order valence-corrected chi connectivity index (χ0v) is 20.8. The van der Waals surface area contributed by atoms with Crippen molar-refractivity contribution in [3.63, 3.8) is 0 Å². The van der Waals surface area contributed by atoms with E-state index in [4.69, 9.17) is 21.1 Å². The van der Waals surface area contributed by atoms with Crippen molar-refractivity contribution in [1.82, 2.24) is 10.2 Å². The molecule has 0 spiro atoms. The van der Waals surface area contributed by atoms with Gasteiger partial charge in [-0.25, -0.2) is 0 Å². The average molecular weight is 540 g/mol. The highest BCUT2D eigenvalue weighted by atomic mass is 35.5. The van der Waals surface area contributed by atoms with E-state index >= 15 is 0 Å². The van der Waals surface area contributed by atoms with E-state index in [1.54, 1.807) is 30.3 Å². The molecule has 3 aromatic carbocycles. The second-order valence-electron chi connectivity index (χ2n) is 8.82. The smallest absolute Gasteiger partial charge is 0.416 e. The number of hydrogen-bond donors (Lipinski definition) is 1. The Labute approximate surface area is 221 Å². The van der Waals surface area contributed by atoms with Gasteiger partial charge in [0, 0.05) is 17.2 Å². The van der Waals surface area contributed by atoms with Crippen LogP contribution in [-0.2, 0) is 6.18 Å². The van der Waals surface area contributed by atoms with Gasteiger partial charge in [-0.2, -0.15) is 13.2 Å². The van der Waals surface area contributed by atoms with Crippen LogP contribution in [0.3, 0.4) is 0 Å². The SMILES string of the molecule is CC1CCOc2cc(Oc3ccc(C(=O)Nc4ccc(-c5cccc(C(F)(F)F)c5)nn4)cc3)c(Cl)cc21. The van der Waals surface area contributed by atoms with Gasteiger partial charge in [0.25, 0.3) is 5.91 Å². The lowest BCUT2D eigenvalue weighted by Crippen LogP contribution is -2.13. The number of aromatic nitrogens is 2. The van der Waals surface area contributed by atoms with Gasteiger partial charge in [0.1, 0.15) is 17.2 Å². The molecule has 0 radical (unpaired) electrons. The standard InChI is InChI=1S/C28H21ClF3N3O3/c1-16-11-12-37-24-15-25(22(29)14-21(16)24)38-20-7-5-17(6-8-20)27(36)33-26-10-9-23(34-35-26)18-3-2-4-19(13-18)28(30,31)32/h2-10,13-16H,11-12H2,1H3,(H,33,35,36). The Morgan fingerprint density at radius 2 is 1.84 bits per heavy atom. The van der Waals surface area contributed by atoms with Crippen LogP contribution in [0.25, 0.3) is 11.3 Å². The molecule has 38 heavy (non-hydrogen) atoms. The molecule has 1 aromatic heterocycles. The fourth-order valence-electron chi connectivity index (χ4n) is 4.04. The molecule has 0 bridgehead atoms. The summed E-state index contributed by atoms with van der Waals surface area (Å²) in [6, 6.07) is 17.8. The summed E-state index contributed by atoms with van der Waals surface area (Å²) in [5, 5.41) is 11.0. The van der Waals surface area contributed by atoms with E-state index in [0.29, 0.717) is 34.6 Å². The third-order valence-corrected chi connectivity index (χ3v) is 6.44. The molecule has 1 aliphatic rings. The molecule has 0 fully saturated rings. The number of carbonyl (C=O) groups excluding carboxylic acids is 1. The fourth-order valence-corrected chi connectivity index (χ4v) is 4.25. The lowest BCUT2D eigenvalue weighted by atomic mass is 9.95. The van der Waals surface area contributed by atoms with Gasteiger partial charge in [0.2, 0.25) is 0 Å². The molecule has 4 aromatic rings. The second kappa shape index (κ2) is 10.3. The van der Waals surface area contributed by atoms with Gasteiger partial charge >= 0.3 is 6.18 Å². The number of anilines is 1. The summed E-state index contributed by atoms with van der Waals surface area (Å²) in [6.45, 7) is 2.76. The highest BCUT2D eigenvalue weighted by molar-refractivity contribution is 6.32. The summed E-state index contributed by atoms with van der Waals surface area (Å²) in [5.74, 6) is 1.75. The maximum atomic E-state index is 13.0. The molecule has 1 unspecified atom stereocenters. The number of fused-ring (bicyclic) bond motifs is 1. The Kier molecular flexibility index (Phi) is 6.94. The predicted octanol–water partition coefficient (Wildman–Crippen LogP) is 7.75. The Morgan fingerprint density at radius 1 is 1.05 bits per heavy atom. The molecular formula is C28H21ClF3N3O3. The molecule has 194 valence electrons. The van der Waals surface area contributed by atoms with Gasteiger partial charge in [-0.05, 0) is 72.5 Å². The third kappa shape index (κ3) is 5.57. The van der Waals surface area contributed by atoms with E-state index in [1.165, 1.54) is 24.3 Å². The number of rotatable bonds is 5. The van der Waals surface area contributed by atoms with Crippen LogP contribution in [-0.4, -0.2) is 22.7 Å². The molecule has 0 saturated carbocycles. The number of amides is 1. The summed E-state index contributed by atoms with van der Waals surface area (Å²) >= 11 is 6.42. The lowest BCUT2D eigenvalue weighted by molar-refractivity contribution is -0.137. The zero-order valence-electron chi connectivity index (χ0n) is 20.1. The molecule has 6 nitrogen and oxygen atoms in total. The second-order valence-corrected chi connectivity index (χ2v) is 9.23. The summed E-state index contributed by atoms with van der Waals surface area (Å²) in [4.78, 5) is 12.7. The molecule has 0 aliphatic carbocycles. The van der Waals surface area contributed by atoms with Crippen molar-refractivity contribution >= 4 is 23.3 Å². The summed E-state index contributed by atoms with van der Waals surface area (Å²) in [6.07, 6.45) is -3.53. The number of hydrogen-bond acceptors (Lipinski definition) is 5. The van der Waals surface area contributed by atoms with E-state index in [9.17, 15) is 18.0 Å². The van der Waals surface area contributed by atoms with Crippen molar-refractivity contribution in [3.8, 4) is 28.5 Å². The molecule has 5 rings (SSSR count). The van der Waals surface area contributed by atoms with Crippen LogP contribution in [0.15, 0.2) is 72.8 Å². The molecule has 1 N–H and O–H groups in total. The van der Waals surface area contributed by atoms with Crippen molar-refractivity contribution in [1.29, 1.82) is 0 Å². The number of alkyl halides is 3. The Bertz CT molecular complexity index is 1480. The maximum Gasteiger partial charge on any atom is 0.416 e. The normalized spacial score (nSPS) is 14.8. The first-order valence-electron chi connectivity index (χ1n) is 11.7. The minimum Gasteiger partial charge on any atom is -0.493 e. The molecule has 1 amide bonds. The number of ether oxygens (including phenoxy) is 2. The van der Waals surface area contributed by atoms with Crippen LogP contribution in [0.1, 0.15) is 40.7 Å². The van der Waals surface area contributed by atoms with Crippen LogP contribution in [0.4, 0.5) is 19.0 Å². The van der Waals surface area contributed by atoms with E-state index in [1.807, 2.05) is 6.07 Å². The number of nitrogens with one attached hydrogen (secondary N) is 1. The first-order chi connectivity index (χ1) is 18.2.